The molecule has 0 spiro atoms. The van der Waals surface area contributed by atoms with Crippen LogP contribution in [0.15, 0.2) is 29.6 Å². The molecule has 0 aliphatic carbocycles. The second kappa shape index (κ2) is 11.3. The molecule has 2 aliphatic heterocycles. The number of piperidine rings is 2. The van der Waals surface area contributed by atoms with Gasteiger partial charge in [-0.1, -0.05) is 29.8 Å². The van der Waals surface area contributed by atoms with E-state index >= 15 is 0 Å². The standard InChI is InChI=1S/C25H30ClN3O4S/c1-2-33-25(32)19-7-5-11-29(15-19)24(31)21-16-34-23(27-21)17-9-12-28(13-10-17)22(30)14-18-6-3-4-8-20(18)26/h3-4,6,8,16-17,19H,2,5,7,9-15H2,1H3. The first kappa shape index (κ1) is 24.7. The topological polar surface area (TPSA) is 79.8 Å². The van der Waals surface area contributed by atoms with Crippen LogP contribution < -0.4 is 0 Å². The fourth-order valence-electron chi connectivity index (χ4n) is 4.64. The second-order valence-electron chi connectivity index (χ2n) is 8.84. The van der Waals surface area contributed by atoms with Gasteiger partial charge in [0.25, 0.3) is 5.91 Å². The molecule has 2 saturated heterocycles. The average Bonchev–Trinajstić information content (AvgIpc) is 3.35. The minimum Gasteiger partial charge on any atom is -0.466 e. The third-order valence-corrected chi connectivity index (χ3v) is 7.94. The van der Waals surface area contributed by atoms with Crippen molar-refractivity contribution in [1.82, 2.24) is 14.8 Å². The summed E-state index contributed by atoms with van der Waals surface area (Å²) in [5, 5.41) is 3.38. The molecule has 2 aliphatic rings. The number of benzene rings is 1. The predicted molar refractivity (Wildman–Crippen MR) is 131 cm³/mol. The van der Waals surface area contributed by atoms with E-state index in [-0.39, 0.29) is 29.6 Å². The summed E-state index contributed by atoms with van der Waals surface area (Å²) in [6.45, 7) is 4.50. The third-order valence-electron chi connectivity index (χ3n) is 6.57. The molecule has 0 saturated carbocycles. The van der Waals surface area contributed by atoms with E-state index in [4.69, 9.17) is 16.3 Å². The normalized spacial score (nSPS) is 19.2. The Bertz CT molecular complexity index is 1030. The number of hydrogen-bond acceptors (Lipinski definition) is 6. The molecule has 0 bridgehead atoms. The summed E-state index contributed by atoms with van der Waals surface area (Å²) >= 11 is 7.71. The highest BCUT2D eigenvalue weighted by Crippen LogP contribution is 2.31. The summed E-state index contributed by atoms with van der Waals surface area (Å²) < 4.78 is 5.14. The van der Waals surface area contributed by atoms with Crippen molar-refractivity contribution in [2.24, 2.45) is 5.92 Å². The van der Waals surface area contributed by atoms with Crippen molar-refractivity contribution in [3.63, 3.8) is 0 Å². The lowest BCUT2D eigenvalue weighted by molar-refractivity contribution is -0.149. The summed E-state index contributed by atoms with van der Waals surface area (Å²) in [5.41, 5.74) is 1.30. The zero-order valence-corrected chi connectivity index (χ0v) is 20.9. The molecular weight excluding hydrogens is 474 g/mol. The van der Waals surface area contributed by atoms with Crippen molar-refractivity contribution in [2.75, 3.05) is 32.8 Å². The van der Waals surface area contributed by atoms with Crippen molar-refractivity contribution in [2.45, 2.75) is 44.9 Å². The van der Waals surface area contributed by atoms with E-state index in [1.165, 1.54) is 11.3 Å². The Balaban J connectivity index is 1.31. The lowest BCUT2D eigenvalue weighted by Gasteiger charge is -2.31. The average molecular weight is 504 g/mol. The lowest BCUT2D eigenvalue weighted by Crippen LogP contribution is -2.43. The number of carbonyl (C=O) groups is 3. The van der Waals surface area contributed by atoms with E-state index in [1.807, 2.05) is 28.5 Å². The first-order valence-corrected chi connectivity index (χ1v) is 13.1. The van der Waals surface area contributed by atoms with Gasteiger partial charge in [-0.25, -0.2) is 4.98 Å². The minimum absolute atomic E-state index is 0.0859. The molecule has 182 valence electrons. The van der Waals surface area contributed by atoms with Gasteiger partial charge in [-0.05, 0) is 44.2 Å². The van der Waals surface area contributed by atoms with Crippen LogP contribution in [0.25, 0.3) is 0 Å². The Kier molecular flexibility index (Phi) is 8.21. The van der Waals surface area contributed by atoms with Crippen molar-refractivity contribution in [3.8, 4) is 0 Å². The summed E-state index contributed by atoms with van der Waals surface area (Å²) in [6, 6.07) is 7.44. The SMILES string of the molecule is CCOC(=O)C1CCCN(C(=O)c2csc(C3CCN(C(=O)Cc4ccccc4Cl)CC3)n2)C1. The fourth-order valence-corrected chi connectivity index (χ4v) is 5.81. The number of hydrogen-bond donors (Lipinski definition) is 0. The molecule has 2 amide bonds. The largest absolute Gasteiger partial charge is 0.466 e. The molecule has 1 aromatic carbocycles. The monoisotopic (exact) mass is 503 g/mol. The minimum atomic E-state index is -0.261. The van der Waals surface area contributed by atoms with Gasteiger partial charge >= 0.3 is 5.97 Å². The van der Waals surface area contributed by atoms with Crippen LogP contribution >= 0.6 is 22.9 Å². The summed E-state index contributed by atoms with van der Waals surface area (Å²) in [5.74, 6) is -0.283. The van der Waals surface area contributed by atoms with Crippen LogP contribution in [-0.2, 0) is 20.7 Å². The Morgan fingerprint density at radius 3 is 2.62 bits per heavy atom. The van der Waals surface area contributed by atoms with Crippen LogP contribution in [0, 0.1) is 5.92 Å². The molecule has 4 rings (SSSR count). The number of amides is 2. The summed E-state index contributed by atoms with van der Waals surface area (Å²) in [6.07, 6.45) is 3.49. The van der Waals surface area contributed by atoms with Gasteiger partial charge in [-0.3, -0.25) is 14.4 Å². The Morgan fingerprint density at radius 2 is 1.88 bits per heavy atom. The first-order chi connectivity index (χ1) is 16.5. The van der Waals surface area contributed by atoms with Crippen LogP contribution in [-0.4, -0.2) is 65.4 Å². The number of nitrogens with zero attached hydrogens (tertiary/aromatic N) is 3. The lowest BCUT2D eigenvalue weighted by atomic mass is 9.97. The fraction of sp³-hybridized carbons (Fsp3) is 0.520. The summed E-state index contributed by atoms with van der Waals surface area (Å²) in [4.78, 5) is 46.1. The predicted octanol–water partition coefficient (Wildman–Crippen LogP) is 4.16. The highest BCUT2D eigenvalue weighted by Gasteiger charge is 2.32. The van der Waals surface area contributed by atoms with E-state index in [2.05, 4.69) is 4.98 Å². The molecule has 1 atom stereocenters. The van der Waals surface area contributed by atoms with E-state index < -0.39 is 0 Å². The maximum absolute atomic E-state index is 13.0. The molecule has 1 aromatic heterocycles. The Morgan fingerprint density at radius 1 is 1.12 bits per heavy atom. The number of likely N-dealkylation sites (tertiary alicyclic amines) is 2. The van der Waals surface area contributed by atoms with E-state index in [0.29, 0.717) is 49.9 Å². The van der Waals surface area contributed by atoms with E-state index in [1.54, 1.807) is 17.9 Å². The number of ether oxygens (including phenoxy) is 1. The number of rotatable bonds is 6. The smallest absolute Gasteiger partial charge is 0.310 e. The van der Waals surface area contributed by atoms with Gasteiger partial charge in [-0.2, -0.15) is 0 Å². The maximum atomic E-state index is 13.0. The molecule has 2 aromatic rings. The first-order valence-electron chi connectivity index (χ1n) is 11.9. The van der Waals surface area contributed by atoms with E-state index in [9.17, 15) is 14.4 Å². The van der Waals surface area contributed by atoms with Crippen LogP contribution in [0.5, 0.6) is 0 Å². The molecule has 7 nitrogen and oxygen atoms in total. The zero-order chi connectivity index (χ0) is 24.1. The molecule has 3 heterocycles. The number of aromatic nitrogens is 1. The van der Waals surface area contributed by atoms with Gasteiger partial charge in [0.1, 0.15) is 5.69 Å². The highest BCUT2D eigenvalue weighted by atomic mass is 35.5. The number of halogens is 1. The van der Waals surface area contributed by atoms with Crippen LogP contribution in [0.2, 0.25) is 5.02 Å². The molecule has 9 heteroatoms. The van der Waals surface area contributed by atoms with E-state index in [0.717, 1.165) is 36.3 Å². The van der Waals surface area contributed by atoms with Crippen molar-refractivity contribution >= 4 is 40.7 Å². The third kappa shape index (κ3) is 5.78. The van der Waals surface area contributed by atoms with Gasteiger partial charge in [0, 0.05) is 42.5 Å². The maximum Gasteiger partial charge on any atom is 0.310 e. The molecule has 0 radical (unpaired) electrons. The summed E-state index contributed by atoms with van der Waals surface area (Å²) in [7, 11) is 0. The van der Waals surface area contributed by atoms with Gasteiger partial charge in [0.2, 0.25) is 5.91 Å². The molecule has 0 N–H and O–H groups in total. The Labute approximate surface area is 209 Å². The molecular formula is C25H30ClN3O4S. The number of thiazole rings is 1. The van der Waals surface area contributed by atoms with Crippen molar-refractivity contribution in [1.29, 1.82) is 0 Å². The van der Waals surface area contributed by atoms with Crippen LogP contribution in [0.4, 0.5) is 0 Å². The molecule has 34 heavy (non-hydrogen) atoms. The quantitative estimate of drug-likeness (QED) is 0.553. The molecule has 1 unspecified atom stereocenters. The van der Waals surface area contributed by atoms with Crippen LogP contribution in [0.1, 0.15) is 59.6 Å². The number of carbonyl (C=O) groups excluding carboxylic acids is 3. The zero-order valence-electron chi connectivity index (χ0n) is 19.4. The van der Waals surface area contributed by atoms with Gasteiger partial charge in [0.05, 0.1) is 24.0 Å². The van der Waals surface area contributed by atoms with Gasteiger partial charge in [-0.15, -0.1) is 11.3 Å². The second-order valence-corrected chi connectivity index (χ2v) is 10.1. The van der Waals surface area contributed by atoms with Crippen molar-refractivity contribution in [3.05, 3.63) is 50.9 Å². The highest BCUT2D eigenvalue weighted by molar-refractivity contribution is 7.09. The Hall–Kier alpha value is -2.45. The number of esters is 1. The van der Waals surface area contributed by atoms with Gasteiger partial charge in [0.15, 0.2) is 0 Å². The van der Waals surface area contributed by atoms with Gasteiger partial charge < -0.3 is 14.5 Å². The van der Waals surface area contributed by atoms with Crippen LogP contribution in [0.3, 0.4) is 0 Å². The molecule has 2 fully saturated rings. The van der Waals surface area contributed by atoms with Crippen molar-refractivity contribution < 1.29 is 19.1 Å².